The molecule has 0 unspecified atom stereocenters. The van der Waals surface area contributed by atoms with Crippen molar-refractivity contribution in [1.82, 2.24) is 20.2 Å². The maximum Gasteiger partial charge on any atom is 0.191 e. The zero-order chi connectivity index (χ0) is 14.2. The second-order valence-electron chi connectivity index (χ2n) is 4.37. The molecule has 2 aromatic rings. The Bertz CT molecular complexity index is 530. The third-order valence-electron chi connectivity index (χ3n) is 2.94. The molecule has 0 radical (unpaired) electrons. The summed E-state index contributed by atoms with van der Waals surface area (Å²) >= 11 is 1.85. The number of guanidine groups is 1. The molecule has 2 N–H and O–H groups in total. The number of imidazole rings is 1. The average Bonchev–Trinajstić information content (AvgIpc) is 3.13. The van der Waals surface area contributed by atoms with Crippen molar-refractivity contribution < 1.29 is 0 Å². The second-order valence-corrected chi connectivity index (χ2v) is 5.63. The van der Waals surface area contributed by atoms with Crippen LogP contribution in [0.1, 0.15) is 16.7 Å². The second kappa shape index (κ2) is 7.69. The number of hydrogen-bond donors (Lipinski definition) is 2. The van der Waals surface area contributed by atoms with Gasteiger partial charge in [-0.1, -0.05) is 6.92 Å². The van der Waals surface area contributed by atoms with Crippen LogP contribution < -0.4 is 10.6 Å². The van der Waals surface area contributed by atoms with E-state index in [0.29, 0.717) is 0 Å². The fraction of sp³-hybridized carbons (Fsp3) is 0.429. The van der Waals surface area contributed by atoms with E-state index in [1.54, 1.807) is 13.2 Å². The Morgan fingerprint density at radius 2 is 2.20 bits per heavy atom. The van der Waals surface area contributed by atoms with E-state index in [9.17, 15) is 0 Å². The Labute approximate surface area is 123 Å². The first-order valence-corrected chi connectivity index (χ1v) is 7.61. The summed E-state index contributed by atoms with van der Waals surface area (Å²) in [5, 5.41) is 6.62. The van der Waals surface area contributed by atoms with Crippen LogP contribution in [0.5, 0.6) is 0 Å². The molecule has 0 aliphatic rings. The molecule has 0 aliphatic carbocycles. The Hall–Kier alpha value is -1.82. The van der Waals surface area contributed by atoms with Crippen molar-refractivity contribution >= 4 is 17.3 Å². The number of nitrogens with one attached hydrogen (secondary N) is 2. The van der Waals surface area contributed by atoms with Crippen LogP contribution in [0.3, 0.4) is 0 Å². The van der Waals surface area contributed by atoms with Crippen molar-refractivity contribution in [2.24, 2.45) is 4.99 Å². The van der Waals surface area contributed by atoms with E-state index in [4.69, 9.17) is 0 Å². The van der Waals surface area contributed by atoms with E-state index in [1.807, 2.05) is 28.4 Å². The minimum atomic E-state index is 0.815. The summed E-state index contributed by atoms with van der Waals surface area (Å²) < 4.78 is 2.03. The van der Waals surface area contributed by atoms with E-state index < -0.39 is 0 Å². The minimum absolute atomic E-state index is 0.815. The summed E-state index contributed by atoms with van der Waals surface area (Å²) in [5.41, 5.74) is 0. The molecule has 0 saturated carbocycles. The van der Waals surface area contributed by atoms with Gasteiger partial charge >= 0.3 is 0 Å². The van der Waals surface area contributed by atoms with Gasteiger partial charge in [0.25, 0.3) is 0 Å². The van der Waals surface area contributed by atoms with E-state index in [1.165, 1.54) is 9.75 Å². The third-order valence-corrected chi connectivity index (χ3v) is 4.17. The number of aliphatic imine (C=N–C) groups is 1. The van der Waals surface area contributed by atoms with Crippen molar-refractivity contribution in [1.29, 1.82) is 0 Å². The molecule has 108 valence electrons. The molecular formula is C14H21N5S. The van der Waals surface area contributed by atoms with Crippen LogP contribution in [0.15, 0.2) is 35.8 Å². The normalized spacial score (nSPS) is 11.6. The summed E-state index contributed by atoms with van der Waals surface area (Å²) in [6.45, 7) is 4.69. The number of nitrogens with zero attached hydrogens (tertiary/aromatic N) is 3. The standard InChI is InChI=1S/C14H21N5S/c1-3-12-4-5-13(20-12)10-18-14(15-2)17-7-9-19-8-6-16-11-19/h4-6,8,11H,3,7,9-10H2,1-2H3,(H2,15,17,18). The fourth-order valence-corrected chi connectivity index (χ4v) is 2.72. The van der Waals surface area contributed by atoms with Gasteiger partial charge in [0.15, 0.2) is 5.96 Å². The van der Waals surface area contributed by atoms with Crippen molar-refractivity contribution in [3.8, 4) is 0 Å². The highest BCUT2D eigenvalue weighted by Crippen LogP contribution is 2.16. The van der Waals surface area contributed by atoms with Crippen molar-refractivity contribution in [3.05, 3.63) is 40.6 Å². The predicted octanol–water partition coefficient (Wildman–Crippen LogP) is 1.87. The Kier molecular flexibility index (Phi) is 5.61. The number of rotatable bonds is 6. The lowest BCUT2D eigenvalue weighted by atomic mass is 10.4. The minimum Gasteiger partial charge on any atom is -0.355 e. The van der Waals surface area contributed by atoms with Crippen LogP contribution in [0.4, 0.5) is 0 Å². The van der Waals surface area contributed by atoms with Crippen LogP contribution in [-0.2, 0) is 19.5 Å². The van der Waals surface area contributed by atoms with Gasteiger partial charge in [0.2, 0.25) is 0 Å². The number of aromatic nitrogens is 2. The molecule has 2 rings (SSSR count). The zero-order valence-corrected chi connectivity index (χ0v) is 12.8. The molecule has 0 aliphatic heterocycles. The molecule has 2 heterocycles. The first-order chi connectivity index (χ1) is 9.81. The van der Waals surface area contributed by atoms with Crippen molar-refractivity contribution in [3.63, 3.8) is 0 Å². The summed E-state index contributed by atoms with van der Waals surface area (Å²) in [6, 6.07) is 4.37. The summed E-state index contributed by atoms with van der Waals surface area (Å²) in [5.74, 6) is 0.830. The highest BCUT2D eigenvalue weighted by atomic mass is 32.1. The maximum absolute atomic E-state index is 4.22. The fourth-order valence-electron chi connectivity index (χ4n) is 1.82. The lowest BCUT2D eigenvalue weighted by Gasteiger charge is -2.11. The molecular weight excluding hydrogens is 270 g/mol. The van der Waals surface area contributed by atoms with Crippen molar-refractivity contribution in [2.45, 2.75) is 26.4 Å². The zero-order valence-electron chi connectivity index (χ0n) is 12.0. The lowest BCUT2D eigenvalue weighted by Crippen LogP contribution is -2.38. The SMILES string of the molecule is CCc1ccc(CNC(=NC)NCCn2ccnc2)s1. The molecule has 0 fully saturated rings. The van der Waals surface area contributed by atoms with Gasteiger partial charge in [-0.3, -0.25) is 4.99 Å². The molecule has 5 nitrogen and oxygen atoms in total. The topological polar surface area (TPSA) is 54.2 Å². The van der Waals surface area contributed by atoms with Gasteiger partial charge in [0.05, 0.1) is 12.9 Å². The van der Waals surface area contributed by atoms with Gasteiger partial charge < -0.3 is 15.2 Å². The van der Waals surface area contributed by atoms with Crippen LogP contribution in [0, 0.1) is 0 Å². The molecule has 0 amide bonds. The molecule has 0 saturated heterocycles. The number of hydrogen-bond acceptors (Lipinski definition) is 3. The first kappa shape index (κ1) is 14.6. The average molecular weight is 291 g/mol. The van der Waals surface area contributed by atoms with Crippen LogP contribution >= 0.6 is 11.3 Å². The molecule has 0 spiro atoms. The van der Waals surface area contributed by atoms with Crippen LogP contribution in [-0.4, -0.2) is 29.1 Å². The smallest absolute Gasteiger partial charge is 0.191 e. The van der Waals surface area contributed by atoms with Gasteiger partial charge in [-0.25, -0.2) is 4.98 Å². The quantitative estimate of drug-likeness (QED) is 0.631. The molecule has 20 heavy (non-hydrogen) atoms. The van der Waals surface area contributed by atoms with Gasteiger partial charge in [-0.2, -0.15) is 0 Å². The lowest BCUT2D eigenvalue weighted by molar-refractivity contribution is 0.662. The monoisotopic (exact) mass is 291 g/mol. The number of thiophene rings is 1. The predicted molar refractivity (Wildman–Crippen MR) is 84.1 cm³/mol. The largest absolute Gasteiger partial charge is 0.355 e. The van der Waals surface area contributed by atoms with Gasteiger partial charge in [0.1, 0.15) is 0 Å². The third kappa shape index (κ3) is 4.38. The van der Waals surface area contributed by atoms with E-state index in [-0.39, 0.29) is 0 Å². The van der Waals surface area contributed by atoms with E-state index >= 15 is 0 Å². The van der Waals surface area contributed by atoms with Crippen LogP contribution in [0.2, 0.25) is 0 Å². The van der Waals surface area contributed by atoms with Crippen LogP contribution in [0.25, 0.3) is 0 Å². The van der Waals surface area contributed by atoms with E-state index in [0.717, 1.165) is 32.0 Å². The Balaban J connectivity index is 1.72. The highest BCUT2D eigenvalue weighted by molar-refractivity contribution is 7.11. The van der Waals surface area contributed by atoms with Gasteiger partial charge in [0, 0.05) is 42.3 Å². The summed E-state index contributed by atoms with van der Waals surface area (Å²) in [6.07, 6.45) is 6.66. The molecule has 2 aromatic heterocycles. The Morgan fingerprint density at radius 1 is 1.35 bits per heavy atom. The molecule has 0 bridgehead atoms. The van der Waals surface area contributed by atoms with Gasteiger partial charge in [-0.05, 0) is 18.6 Å². The molecule has 6 heteroatoms. The van der Waals surface area contributed by atoms with E-state index in [2.05, 4.69) is 39.7 Å². The maximum atomic E-state index is 4.22. The Morgan fingerprint density at radius 3 is 2.85 bits per heavy atom. The van der Waals surface area contributed by atoms with Gasteiger partial charge in [-0.15, -0.1) is 11.3 Å². The first-order valence-electron chi connectivity index (χ1n) is 6.79. The molecule has 0 aromatic carbocycles. The highest BCUT2D eigenvalue weighted by Gasteiger charge is 2.01. The van der Waals surface area contributed by atoms with Crippen molar-refractivity contribution in [2.75, 3.05) is 13.6 Å². The summed E-state index contributed by atoms with van der Waals surface area (Å²) in [7, 11) is 1.79. The summed E-state index contributed by atoms with van der Waals surface area (Å²) in [4.78, 5) is 11.0. The number of aryl methyl sites for hydroxylation is 1. The molecule has 0 atom stereocenters.